The molecular formula is C16H23ClN4O. The van der Waals surface area contributed by atoms with Crippen molar-refractivity contribution in [2.75, 3.05) is 26.2 Å². The van der Waals surface area contributed by atoms with Crippen LogP contribution in [0.15, 0.2) is 12.4 Å². The van der Waals surface area contributed by atoms with Crippen LogP contribution < -0.4 is 0 Å². The quantitative estimate of drug-likeness (QED) is 0.831. The number of hydrogen-bond donors (Lipinski definition) is 0. The molecule has 4 heterocycles. The van der Waals surface area contributed by atoms with E-state index >= 15 is 0 Å². The zero-order valence-corrected chi connectivity index (χ0v) is 13.6. The van der Waals surface area contributed by atoms with Crippen molar-refractivity contribution in [3.63, 3.8) is 0 Å². The van der Waals surface area contributed by atoms with Gasteiger partial charge in [0.25, 0.3) is 0 Å². The SMILES string of the molecule is O=C1[C@H]2CC[C@H](CN(CCn3cc(Cl)cn3)C2)N1CC1CC1. The minimum Gasteiger partial charge on any atom is -0.338 e. The Labute approximate surface area is 136 Å². The van der Waals surface area contributed by atoms with Crippen LogP contribution >= 0.6 is 11.6 Å². The number of piperidine rings is 1. The van der Waals surface area contributed by atoms with Crippen LogP contribution in [0.2, 0.25) is 5.02 Å². The summed E-state index contributed by atoms with van der Waals surface area (Å²) in [5.74, 6) is 1.40. The summed E-state index contributed by atoms with van der Waals surface area (Å²) in [6.45, 7) is 4.70. The number of fused-ring (bicyclic) bond motifs is 4. The van der Waals surface area contributed by atoms with Gasteiger partial charge in [-0.05, 0) is 31.6 Å². The Morgan fingerprint density at radius 1 is 1.18 bits per heavy atom. The maximum absolute atomic E-state index is 12.7. The third-order valence-corrected chi connectivity index (χ3v) is 5.46. The molecule has 5 nitrogen and oxygen atoms in total. The molecule has 2 bridgehead atoms. The molecule has 5 rings (SSSR count). The molecule has 120 valence electrons. The Bertz CT molecular complexity index is 556. The molecule has 1 aromatic heterocycles. The first kappa shape index (κ1) is 14.5. The molecule has 1 amide bonds. The first-order valence-corrected chi connectivity index (χ1v) is 8.77. The highest BCUT2D eigenvalue weighted by Crippen LogP contribution is 2.35. The maximum Gasteiger partial charge on any atom is 0.227 e. The van der Waals surface area contributed by atoms with E-state index < -0.39 is 0 Å². The summed E-state index contributed by atoms with van der Waals surface area (Å²) in [7, 11) is 0. The molecule has 0 spiro atoms. The van der Waals surface area contributed by atoms with Gasteiger partial charge in [-0.25, -0.2) is 0 Å². The largest absolute Gasteiger partial charge is 0.338 e. The molecule has 0 N–H and O–H groups in total. The fourth-order valence-electron chi connectivity index (χ4n) is 3.84. The first-order chi connectivity index (χ1) is 10.7. The van der Waals surface area contributed by atoms with E-state index in [1.54, 1.807) is 6.20 Å². The summed E-state index contributed by atoms with van der Waals surface area (Å²) in [4.78, 5) is 17.3. The lowest BCUT2D eigenvalue weighted by molar-refractivity contribution is -0.140. The minimum absolute atomic E-state index is 0.207. The highest BCUT2D eigenvalue weighted by molar-refractivity contribution is 6.30. The minimum atomic E-state index is 0.207. The smallest absolute Gasteiger partial charge is 0.227 e. The fourth-order valence-corrected chi connectivity index (χ4v) is 3.99. The van der Waals surface area contributed by atoms with Gasteiger partial charge in [0.05, 0.1) is 23.7 Å². The topological polar surface area (TPSA) is 41.4 Å². The van der Waals surface area contributed by atoms with Crippen LogP contribution in [0, 0.1) is 11.8 Å². The van der Waals surface area contributed by atoms with Gasteiger partial charge in [0.1, 0.15) is 0 Å². The van der Waals surface area contributed by atoms with Gasteiger partial charge < -0.3 is 4.90 Å². The molecule has 0 radical (unpaired) electrons. The van der Waals surface area contributed by atoms with E-state index in [1.165, 1.54) is 19.3 Å². The Balaban J connectivity index is 1.39. The zero-order chi connectivity index (χ0) is 15.1. The molecule has 1 saturated carbocycles. The van der Waals surface area contributed by atoms with E-state index in [-0.39, 0.29) is 5.92 Å². The van der Waals surface area contributed by atoms with Crippen molar-refractivity contribution in [2.24, 2.45) is 11.8 Å². The van der Waals surface area contributed by atoms with Crippen molar-refractivity contribution in [1.82, 2.24) is 19.6 Å². The standard InChI is InChI=1S/C16H23ClN4O/c17-14-7-18-20(10-14)6-5-19-9-13-3-4-15(11-19)21(16(13)22)8-12-1-2-12/h7,10,12-13,15H,1-6,8-9,11H2/t13-,15+/m0/s1. The van der Waals surface area contributed by atoms with Gasteiger partial charge in [-0.2, -0.15) is 5.10 Å². The second-order valence-corrected chi connectivity index (χ2v) is 7.48. The van der Waals surface area contributed by atoms with Crippen molar-refractivity contribution in [1.29, 1.82) is 0 Å². The summed E-state index contributed by atoms with van der Waals surface area (Å²) in [5, 5.41) is 4.92. The third kappa shape index (κ3) is 3.01. The second-order valence-electron chi connectivity index (χ2n) is 7.04. The van der Waals surface area contributed by atoms with Gasteiger partial charge in [0, 0.05) is 38.4 Å². The van der Waals surface area contributed by atoms with Gasteiger partial charge in [0.15, 0.2) is 0 Å². The molecule has 3 saturated heterocycles. The molecule has 0 aromatic carbocycles. The van der Waals surface area contributed by atoms with Crippen molar-refractivity contribution in [2.45, 2.75) is 38.3 Å². The Hall–Kier alpha value is -1.07. The Morgan fingerprint density at radius 2 is 2.05 bits per heavy atom. The lowest BCUT2D eigenvalue weighted by Crippen LogP contribution is -2.48. The van der Waals surface area contributed by atoms with Crippen LogP contribution in [0.1, 0.15) is 25.7 Å². The van der Waals surface area contributed by atoms with Crippen LogP contribution in [0.4, 0.5) is 0 Å². The van der Waals surface area contributed by atoms with Crippen LogP contribution in [-0.4, -0.2) is 57.7 Å². The molecule has 1 aliphatic carbocycles. The summed E-state index contributed by atoms with van der Waals surface area (Å²) in [6.07, 6.45) is 8.39. The second kappa shape index (κ2) is 5.85. The van der Waals surface area contributed by atoms with E-state index in [4.69, 9.17) is 11.6 Å². The van der Waals surface area contributed by atoms with Gasteiger partial charge in [-0.15, -0.1) is 0 Å². The van der Waals surface area contributed by atoms with E-state index in [2.05, 4.69) is 14.9 Å². The lowest BCUT2D eigenvalue weighted by atomic mass is 9.94. The van der Waals surface area contributed by atoms with Gasteiger partial charge in [-0.3, -0.25) is 14.4 Å². The van der Waals surface area contributed by atoms with Crippen LogP contribution in [0.3, 0.4) is 0 Å². The number of carbonyl (C=O) groups is 1. The summed E-state index contributed by atoms with van der Waals surface area (Å²) >= 11 is 5.91. The average Bonchev–Trinajstić information content (AvgIpc) is 3.27. The number of amides is 1. The van der Waals surface area contributed by atoms with Crippen LogP contribution in [0.25, 0.3) is 0 Å². The summed E-state index contributed by atoms with van der Waals surface area (Å²) in [5.41, 5.74) is 0. The third-order valence-electron chi connectivity index (χ3n) is 5.27. The van der Waals surface area contributed by atoms with Gasteiger partial charge in [-0.1, -0.05) is 11.6 Å². The highest BCUT2D eigenvalue weighted by Gasteiger charge is 2.42. The molecule has 6 heteroatoms. The van der Waals surface area contributed by atoms with Gasteiger partial charge in [0.2, 0.25) is 5.91 Å². The number of aromatic nitrogens is 2. The Morgan fingerprint density at radius 3 is 2.77 bits per heavy atom. The lowest BCUT2D eigenvalue weighted by Gasteiger charge is -2.36. The van der Waals surface area contributed by atoms with Crippen LogP contribution in [-0.2, 0) is 11.3 Å². The van der Waals surface area contributed by atoms with Gasteiger partial charge >= 0.3 is 0 Å². The van der Waals surface area contributed by atoms with Crippen molar-refractivity contribution in [3.05, 3.63) is 17.4 Å². The molecule has 2 atom stereocenters. The normalized spacial score (nSPS) is 29.1. The summed E-state index contributed by atoms with van der Waals surface area (Å²) < 4.78 is 1.89. The molecule has 3 aliphatic heterocycles. The number of carbonyl (C=O) groups excluding carboxylic acids is 1. The molecule has 0 unspecified atom stereocenters. The van der Waals surface area contributed by atoms with E-state index in [9.17, 15) is 4.79 Å². The molecule has 22 heavy (non-hydrogen) atoms. The van der Waals surface area contributed by atoms with Crippen molar-refractivity contribution >= 4 is 17.5 Å². The zero-order valence-electron chi connectivity index (χ0n) is 12.8. The Kier molecular flexibility index (Phi) is 3.86. The molecule has 1 aromatic rings. The number of rotatable bonds is 5. The van der Waals surface area contributed by atoms with Crippen molar-refractivity contribution in [3.8, 4) is 0 Å². The van der Waals surface area contributed by atoms with E-state index in [0.717, 1.165) is 45.1 Å². The first-order valence-electron chi connectivity index (χ1n) is 8.40. The fraction of sp³-hybridized carbons (Fsp3) is 0.750. The number of nitrogens with zero attached hydrogens (tertiary/aromatic N) is 4. The maximum atomic E-state index is 12.7. The highest BCUT2D eigenvalue weighted by atomic mass is 35.5. The average molecular weight is 323 g/mol. The van der Waals surface area contributed by atoms with E-state index in [1.807, 2.05) is 10.9 Å². The molecular weight excluding hydrogens is 300 g/mol. The number of halogens is 1. The molecule has 4 fully saturated rings. The van der Waals surface area contributed by atoms with Crippen LogP contribution in [0.5, 0.6) is 0 Å². The number of hydrogen-bond acceptors (Lipinski definition) is 3. The predicted molar refractivity (Wildman–Crippen MR) is 84.6 cm³/mol. The molecule has 4 aliphatic rings. The monoisotopic (exact) mass is 322 g/mol. The van der Waals surface area contributed by atoms with Crippen molar-refractivity contribution < 1.29 is 4.79 Å². The van der Waals surface area contributed by atoms with E-state index in [0.29, 0.717) is 17.0 Å². The summed E-state index contributed by atoms with van der Waals surface area (Å²) in [6, 6.07) is 0.424. The predicted octanol–water partition coefficient (Wildman–Crippen LogP) is 1.87.